The van der Waals surface area contributed by atoms with Crippen LogP contribution in [-0.2, 0) is 21.7 Å². The average Bonchev–Trinajstić information content (AvgIpc) is 0. The van der Waals surface area contributed by atoms with Gasteiger partial charge >= 0.3 is 45.6 Å². The van der Waals surface area contributed by atoms with E-state index in [9.17, 15) is 0 Å². The smallest absolute Gasteiger partial charge is 0 e. The van der Waals surface area contributed by atoms with Gasteiger partial charge in [0, 0.05) is 21.7 Å². The average molecular weight is 256 g/mol. The van der Waals surface area contributed by atoms with E-state index in [1.807, 2.05) is 0 Å². The summed E-state index contributed by atoms with van der Waals surface area (Å²) < 4.78 is 0. The molecule has 0 aliphatic rings. The summed E-state index contributed by atoms with van der Waals surface area (Å²) >= 11 is 0. The normalized spacial score (nSPS) is 0. The number of rotatable bonds is 0. The van der Waals surface area contributed by atoms with Gasteiger partial charge in [-0.1, -0.05) is 0 Å². The Bertz CT molecular complexity index is 8.00. The molecule has 0 aliphatic carbocycles. The van der Waals surface area contributed by atoms with E-state index in [1.165, 1.54) is 0 Å². The maximum atomic E-state index is 0. The summed E-state index contributed by atoms with van der Waals surface area (Å²) in [4.78, 5) is 0. The third kappa shape index (κ3) is 8.89. The molecule has 0 fully saturated rings. The van der Waals surface area contributed by atoms with Gasteiger partial charge in [0.1, 0.15) is 0 Å². The van der Waals surface area contributed by atoms with Crippen LogP contribution in [0.4, 0.5) is 0 Å². The Labute approximate surface area is 71.9 Å². The van der Waals surface area contributed by atoms with Gasteiger partial charge < -0.3 is 5.48 Å². The number of hydrogen-bond donors (Lipinski definition) is 0. The van der Waals surface area contributed by atoms with Crippen molar-refractivity contribution in [2.24, 2.45) is 0 Å². The maximum absolute atomic E-state index is 0. The third-order valence-electron chi connectivity index (χ3n) is 0. The van der Waals surface area contributed by atoms with Crippen molar-refractivity contribution in [2.45, 2.75) is 0 Å². The minimum Gasteiger partial charge on any atom is 0 e. The summed E-state index contributed by atoms with van der Waals surface area (Å²) in [6.45, 7) is 0. The van der Waals surface area contributed by atoms with Crippen LogP contribution in [0.3, 0.4) is 0 Å². The SMILES string of the molecule is O.[GaH3].[InH3].[Ti]. The van der Waals surface area contributed by atoms with Crippen LogP contribution in [0, 0.1) is 0 Å². The van der Waals surface area contributed by atoms with E-state index in [0.717, 1.165) is 0 Å². The molecule has 0 rings (SSSR count). The van der Waals surface area contributed by atoms with E-state index in [1.54, 1.807) is 0 Å². The van der Waals surface area contributed by atoms with Crippen LogP contribution < -0.4 is 0 Å². The Morgan fingerprint density at radius 3 is 1.00 bits per heavy atom. The van der Waals surface area contributed by atoms with E-state index in [0.29, 0.717) is 0 Å². The Hall–Kier alpha value is 2.18. The zero-order valence-corrected chi connectivity index (χ0v) is 2.56. The summed E-state index contributed by atoms with van der Waals surface area (Å²) in [7, 11) is 0. The van der Waals surface area contributed by atoms with Gasteiger partial charge in [0.15, 0.2) is 0 Å². The molecule has 0 aromatic carbocycles. The molecule has 1 nitrogen and oxygen atoms in total. The molecule has 0 bridgehead atoms. The number of hydrogen-bond acceptors (Lipinski definition) is 0. The van der Waals surface area contributed by atoms with Crippen molar-refractivity contribution in [3.63, 3.8) is 0 Å². The Morgan fingerprint density at radius 2 is 1.00 bits per heavy atom. The maximum Gasteiger partial charge on any atom is 0 e. The summed E-state index contributed by atoms with van der Waals surface area (Å²) in [5.41, 5.74) is 0. The van der Waals surface area contributed by atoms with Gasteiger partial charge in [-0.2, -0.15) is 0 Å². The summed E-state index contributed by atoms with van der Waals surface area (Å²) in [6, 6.07) is 0. The van der Waals surface area contributed by atoms with Crippen LogP contribution in [0.5, 0.6) is 0 Å². The zero-order valence-electron chi connectivity index (χ0n) is 1.00. The first-order valence-corrected chi connectivity index (χ1v) is 0. The second kappa shape index (κ2) is 19.0. The van der Waals surface area contributed by atoms with Gasteiger partial charge in [0.2, 0.25) is 0 Å². The van der Waals surface area contributed by atoms with Crippen LogP contribution in [0.2, 0.25) is 0 Å². The van der Waals surface area contributed by atoms with Gasteiger partial charge in [0.05, 0.1) is 0 Å². The molecule has 24 valence electrons. The fourth-order valence-electron chi connectivity index (χ4n) is 0. The second-order valence-corrected chi connectivity index (χ2v) is 0. The quantitative estimate of drug-likeness (QED) is 0.409. The third-order valence-corrected chi connectivity index (χ3v) is 0. The summed E-state index contributed by atoms with van der Waals surface area (Å²) in [5, 5.41) is 0. The van der Waals surface area contributed by atoms with Crippen LogP contribution in [-0.4, -0.2) is 51.1 Å². The molecule has 0 amide bonds. The van der Waals surface area contributed by atoms with E-state index in [4.69, 9.17) is 0 Å². The van der Waals surface area contributed by atoms with Crippen LogP contribution in [0.25, 0.3) is 0 Å². The fourth-order valence-corrected chi connectivity index (χ4v) is 0. The van der Waals surface area contributed by atoms with Crippen molar-refractivity contribution in [2.75, 3.05) is 0 Å². The first-order valence-electron chi connectivity index (χ1n) is 0. The first kappa shape index (κ1) is 34.9. The predicted octanol–water partition coefficient (Wildman–Crippen LogP) is -3.20. The molecule has 4 heteroatoms. The molecular formula is H8GaInOTi. The van der Waals surface area contributed by atoms with Gasteiger partial charge in [-0.25, -0.2) is 0 Å². The monoisotopic (exact) mass is 256 g/mol. The van der Waals surface area contributed by atoms with Crippen molar-refractivity contribution in [3.05, 3.63) is 0 Å². The molecular weight excluding hydrogens is 248 g/mol. The Kier molecular flexibility index (Phi) is 166. The van der Waals surface area contributed by atoms with Crippen molar-refractivity contribution in [1.82, 2.24) is 0 Å². The van der Waals surface area contributed by atoms with Crippen molar-refractivity contribution in [1.29, 1.82) is 0 Å². The van der Waals surface area contributed by atoms with Gasteiger partial charge in [0.25, 0.3) is 0 Å². The van der Waals surface area contributed by atoms with Crippen molar-refractivity contribution < 1.29 is 27.2 Å². The molecule has 0 saturated heterocycles. The van der Waals surface area contributed by atoms with E-state index < -0.39 is 0 Å². The molecule has 4 heavy (non-hydrogen) atoms. The molecule has 0 radical (unpaired) electrons. The molecule has 0 saturated carbocycles. The Balaban J connectivity index is 0. The van der Waals surface area contributed by atoms with Crippen molar-refractivity contribution in [3.8, 4) is 0 Å². The standard InChI is InChI=1S/Ga.In.H2O.Ti.6H/h;;1H2;;;;;;;. The summed E-state index contributed by atoms with van der Waals surface area (Å²) in [5.74, 6) is 0. The minimum atomic E-state index is 0. The first-order chi connectivity index (χ1) is 0. The second-order valence-electron chi connectivity index (χ2n) is 0. The van der Waals surface area contributed by atoms with Gasteiger partial charge in [-0.3, -0.25) is 0 Å². The van der Waals surface area contributed by atoms with Crippen LogP contribution in [0.15, 0.2) is 0 Å². The molecule has 0 spiro atoms. The summed E-state index contributed by atoms with van der Waals surface area (Å²) in [6.07, 6.45) is 0. The molecule has 0 aromatic rings. The van der Waals surface area contributed by atoms with Gasteiger partial charge in [-0.05, 0) is 0 Å². The molecule has 0 aromatic heterocycles. The Morgan fingerprint density at radius 1 is 1.00 bits per heavy atom. The van der Waals surface area contributed by atoms with Crippen molar-refractivity contribution >= 4 is 45.6 Å². The molecule has 2 N–H and O–H groups in total. The predicted molar refractivity (Wildman–Crippen MR) is 23.5 cm³/mol. The topological polar surface area (TPSA) is 31.5 Å². The van der Waals surface area contributed by atoms with E-state index in [2.05, 4.69) is 0 Å². The molecule has 0 aliphatic heterocycles. The fraction of sp³-hybridized carbons (Fsp3) is 0. The van der Waals surface area contributed by atoms with E-state index in [-0.39, 0.29) is 72.8 Å². The van der Waals surface area contributed by atoms with E-state index >= 15 is 0 Å². The van der Waals surface area contributed by atoms with Gasteiger partial charge in [-0.15, -0.1) is 0 Å². The zero-order chi connectivity index (χ0) is 0. The molecule has 0 heterocycles. The minimum absolute atomic E-state index is 0. The molecule has 0 atom stereocenters. The largest absolute Gasteiger partial charge is 0 e. The van der Waals surface area contributed by atoms with Crippen LogP contribution >= 0.6 is 0 Å². The van der Waals surface area contributed by atoms with Crippen LogP contribution in [0.1, 0.15) is 0 Å². The molecule has 0 unspecified atom stereocenters.